The minimum absolute atomic E-state index is 0.0176. The average molecular weight is 492 g/mol. The number of halogens is 1. The van der Waals surface area contributed by atoms with E-state index >= 15 is 0 Å². The predicted molar refractivity (Wildman–Crippen MR) is 119 cm³/mol. The molecular formula is C21H22BrN3O4S. The van der Waals surface area contributed by atoms with Crippen molar-refractivity contribution in [3.8, 4) is 0 Å². The number of hydrogen-bond acceptors (Lipinski definition) is 5. The Morgan fingerprint density at radius 1 is 1.07 bits per heavy atom. The van der Waals surface area contributed by atoms with Crippen LogP contribution in [-0.4, -0.2) is 19.5 Å². The summed E-state index contributed by atoms with van der Waals surface area (Å²) < 4.78 is 34.5. The van der Waals surface area contributed by atoms with Gasteiger partial charge in [-0.25, -0.2) is 8.42 Å². The van der Waals surface area contributed by atoms with Crippen LogP contribution in [0.15, 0.2) is 56.4 Å². The number of hydrogen-bond donors (Lipinski definition) is 2. The molecule has 0 aliphatic rings. The van der Waals surface area contributed by atoms with Crippen molar-refractivity contribution in [2.45, 2.75) is 38.5 Å². The molecule has 30 heavy (non-hydrogen) atoms. The highest BCUT2D eigenvalue weighted by atomic mass is 79.9. The summed E-state index contributed by atoms with van der Waals surface area (Å²) in [4.78, 5) is 12.9. The smallest absolute Gasteiger partial charge is 0.262 e. The topological polar surface area (TPSA) is 101 Å². The number of nitrogens with zero attached hydrogens (tertiary/aromatic N) is 1. The monoisotopic (exact) mass is 491 g/mol. The molecule has 7 nitrogen and oxygen atoms in total. The van der Waals surface area contributed by atoms with Gasteiger partial charge in [-0.05, 0) is 55.8 Å². The van der Waals surface area contributed by atoms with Gasteiger partial charge in [0.25, 0.3) is 15.9 Å². The van der Waals surface area contributed by atoms with Crippen LogP contribution in [0.3, 0.4) is 0 Å². The second kappa shape index (κ2) is 8.61. The third-order valence-corrected chi connectivity index (χ3v) is 6.52. The van der Waals surface area contributed by atoms with Crippen molar-refractivity contribution in [1.82, 2.24) is 5.16 Å². The number of rotatable bonds is 6. The van der Waals surface area contributed by atoms with Crippen LogP contribution in [0.1, 0.15) is 47.1 Å². The first-order valence-corrected chi connectivity index (χ1v) is 11.5. The summed E-state index contributed by atoms with van der Waals surface area (Å²) in [6.45, 7) is 7.20. The maximum atomic E-state index is 12.9. The fraction of sp³-hybridized carbons (Fsp3) is 0.238. The van der Waals surface area contributed by atoms with Crippen LogP contribution >= 0.6 is 15.9 Å². The van der Waals surface area contributed by atoms with Gasteiger partial charge in [0.2, 0.25) is 0 Å². The summed E-state index contributed by atoms with van der Waals surface area (Å²) in [5.74, 6) is 0.0726. The Morgan fingerprint density at radius 3 is 2.33 bits per heavy atom. The first-order chi connectivity index (χ1) is 14.1. The molecule has 0 saturated carbocycles. The van der Waals surface area contributed by atoms with Gasteiger partial charge in [0, 0.05) is 21.8 Å². The minimum Gasteiger partial charge on any atom is -0.360 e. The molecule has 0 aliphatic carbocycles. The number of nitrogens with one attached hydrogen (secondary N) is 2. The Balaban J connectivity index is 1.89. The molecule has 9 heteroatoms. The summed E-state index contributed by atoms with van der Waals surface area (Å²) >= 11 is 3.32. The second-order valence-electron chi connectivity index (χ2n) is 7.21. The van der Waals surface area contributed by atoms with Gasteiger partial charge in [0.05, 0.1) is 10.6 Å². The fourth-order valence-corrected chi connectivity index (χ4v) is 4.54. The maximum absolute atomic E-state index is 12.9. The number of aryl methyl sites for hydroxylation is 2. The first-order valence-electron chi connectivity index (χ1n) is 9.25. The van der Waals surface area contributed by atoms with Crippen LogP contribution < -0.4 is 10.0 Å². The lowest BCUT2D eigenvalue weighted by molar-refractivity contribution is 0.102. The first kappa shape index (κ1) is 22.0. The molecule has 3 rings (SSSR count). The molecule has 3 aromatic rings. The Morgan fingerprint density at radius 2 is 1.70 bits per heavy atom. The van der Waals surface area contributed by atoms with E-state index in [9.17, 15) is 13.2 Å². The number of aromatic nitrogens is 1. The Hall–Kier alpha value is -2.65. The molecule has 0 saturated heterocycles. The summed E-state index contributed by atoms with van der Waals surface area (Å²) in [7, 11) is -3.85. The van der Waals surface area contributed by atoms with E-state index in [1.807, 2.05) is 13.8 Å². The van der Waals surface area contributed by atoms with E-state index in [0.29, 0.717) is 34.0 Å². The van der Waals surface area contributed by atoms with Crippen LogP contribution in [0.2, 0.25) is 0 Å². The zero-order valence-corrected chi connectivity index (χ0v) is 19.4. The third-order valence-electron chi connectivity index (χ3n) is 4.47. The lowest BCUT2D eigenvalue weighted by Crippen LogP contribution is -2.17. The molecule has 2 aromatic carbocycles. The van der Waals surface area contributed by atoms with Crippen LogP contribution in [-0.2, 0) is 10.0 Å². The van der Waals surface area contributed by atoms with E-state index < -0.39 is 15.9 Å². The largest absolute Gasteiger partial charge is 0.360 e. The van der Waals surface area contributed by atoms with Crippen LogP contribution in [0, 0.1) is 13.8 Å². The normalized spacial score (nSPS) is 11.5. The highest BCUT2D eigenvalue weighted by molar-refractivity contribution is 9.10. The van der Waals surface area contributed by atoms with Crippen LogP contribution in [0.25, 0.3) is 0 Å². The molecule has 1 aromatic heterocycles. The highest BCUT2D eigenvalue weighted by Crippen LogP contribution is 2.26. The zero-order valence-electron chi connectivity index (χ0n) is 17.0. The maximum Gasteiger partial charge on any atom is 0.262 e. The van der Waals surface area contributed by atoms with Gasteiger partial charge in [0.15, 0.2) is 5.76 Å². The molecular weight excluding hydrogens is 470 g/mol. The van der Waals surface area contributed by atoms with Gasteiger partial charge in [0.1, 0.15) is 5.56 Å². The summed E-state index contributed by atoms with van der Waals surface area (Å²) in [6.07, 6.45) is 0. The Labute approximate surface area is 184 Å². The number of carbonyl (C=O) groups is 1. The molecule has 0 unspecified atom stereocenters. The number of carbonyl (C=O) groups excluding carboxylic acids is 1. The molecule has 0 aliphatic heterocycles. The molecule has 0 bridgehead atoms. The van der Waals surface area contributed by atoms with E-state index in [4.69, 9.17) is 4.52 Å². The van der Waals surface area contributed by atoms with Crippen molar-refractivity contribution in [3.05, 3.63) is 69.5 Å². The summed E-state index contributed by atoms with van der Waals surface area (Å²) in [5, 5.41) is 6.63. The highest BCUT2D eigenvalue weighted by Gasteiger charge is 2.24. The van der Waals surface area contributed by atoms with E-state index in [0.717, 1.165) is 4.47 Å². The summed E-state index contributed by atoms with van der Waals surface area (Å²) in [5.41, 5.74) is 2.20. The minimum atomic E-state index is -3.85. The molecule has 0 fully saturated rings. The third kappa shape index (κ3) is 4.73. The quantitative estimate of drug-likeness (QED) is 0.491. The summed E-state index contributed by atoms with van der Waals surface area (Å²) in [6, 6.07) is 11.5. The second-order valence-corrected chi connectivity index (χ2v) is 9.78. The molecule has 2 N–H and O–H groups in total. The van der Waals surface area contributed by atoms with Crippen molar-refractivity contribution in [1.29, 1.82) is 0 Å². The van der Waals surface area contributed by atoms with Crippen molar-refractivity contribution < 1.29 is 17.7 Å². The van der Waals surface area contributed by atoms with Crippen molar-refractivity contribution >= 4 is 43.2 Å². The zero-order chi connectivity index (χ0) is 22.1. The van der Waals surface area contributed by atoms with Gasteiger partial charge >= 0.3 is 0 Å². The lowest BCUT2D eigenvalue weighted by atomic mass is 10.0. The molecule has 0 atom stereocenters. The van der Waals surface area contributed by atoms with E-state index in [2.05, 4.69) is 31.1 Å². The predicted octanol–water partition coefficient (Wildman–Crippen LogP) is 5.23. The van der Waals surface area contributed by atoms with Crippen molar-refractivity contribution in [3.63, 3.8) is 0 Å². The molecule has 1 amide bonds. The molecule has 0 spiro atoms. The lowest BCUT2D eigenvalue weighted by Gasteiger charge is -2.13. The molecule has 158 valence electrons. The SMILES string of the molecule is Cc1ccc(NC(=O)c2c(C)noc2C(C)C)cc1S(=O)(=O)Nc1ccc(Br)cc1. The van der Waals surface area contributed by atoms with Gasteiger partial charge in [-0.15, -0.1) is 0 Å². The number of benzene rings is 2. The van der Waals surface area contributed by atoms with Crippen LogP contribution in [0.5, 0.6) is 0 Å². The number of anilines is 2. The van der Waals surface area contributed by atoms with Gasteiger partial charge < -0.3 is 9.84 Å². The van der Waals surface area contributed by atoms with E-state index in [-0.39, 0.29) is 10.8 Å². The number of amides is 1. The van der Waals surface area contributed by atoms with Gasteiger partial charge in [-0.3, -0.25) is 9.52 Å². The number of sulfonamides is 1. The van der Waals surface area contributed by atoms with Crippen molar-refractivity contribution in [2.75, 3.05) is 10.0 Å². The average Bonchev–Trinajstić information content (AvgIpc) is 3.07. The molecule has 1 heterocycles. The molecule has 0 radical (unpaired) electrons. The van der Waals surface area contributed by atoms with Gasteiger partial charge in [-0.2, -0.15) is 0 Å². The van der Waals surface area contributed by atoms with Gasteiger partial charge in [-0.1, -0.05) is 41.0 Å². The van der Waals surface area contributed by atoms with E-state index in [1.54, 1.807) is 50.2 Å². The Kier molecular flexibility index (Phi) is 6.33. The fourth-order valence-electron chi connectivity index (χ4n) is 2.95. The van der Waals surface area contributed by atoms with Crippen LogP contribution in [0.4, 0.5) is 11.4 Å². The Bertz CT molecular complexity index is 1190. The standard InChI is InChI=1S/C21H22BrN3O4S/c1-12(2)20-19(14(4)24-29-20)21(26)23-17-8-5-13(3)18(11-17)30(27,28)25-16-9-6-15(22)7-10-16/h5-12,25H,1-4H3,(H,23,26). The van der Waals surface area contributed by atoms with Crippen molar-refractivity contribution in [2.24, 2.45) is 0 Å². The van der Waals surface area contributed by atoms with E-state index in [1.165, 1.54) is 6.07 Å².